The Bertz CT molecular complexity index is 4160. The maximum Gasteiger partial charge on any atom is 0.155 e. The van der Waals surface area contributed by atoms with E-state index >= 15 is 0 Å². The molecule has 0 saturated heterocycles. The number of thiazole rings is 3. The molecule has 2 atom stereocenters. The number of rotatable bonds is 0. The number of hydrogen-bond acceptors (Lipinski definition) is 12. The van der Waals surface area contributed by atoms with E-state index in [0.717, 1.165) is 31.2 Å². The molecule has 680 valence electrons. The monoisotopic (exact) mass is 1850 g/mol. The zero-order valence-corrected chi connectivity index (χ0v) is 93.3. The third-order valence-corrected chi connectivity index (χ3v) is 28.6. The fourth-order valence-electron chi connectivity index (χ4n) is 10.1. The van der Waals surface area contributed by atoms with Crippen molar-refractivity contribution in [2.24, 2.45) is 13.0 Å². The zero-order chi connectivity index (χ0) is 95.4. The van der Waals surface area contributed by atoms with E-state index in [0.29, 0.717) is 25.7 Å². The Labute approximate surface area is 780 Å². The number of allylic oxidation sites excluding steroid dienone is 5. The first kappa shape index (κ1) is 128. The molecule has 0 N–H and O–H groups in total. The molecule has 0 radical (unpaired) electrons. The molecule has 2 aliphatic rings. The van der Waals surface area contributed by atoms with Gasteiger partial charge in [-0.25, -0.2) is 15.0 Å². The Morgan fingerprint density at radius 3 is 0.843 bits per heavy atom. The number of hydrogen-bond donors (Lipinski definition) is 0. The second-order valence-corrected chi connectivity index (χ2v) is 36.9. The molecular weight excluding hydrogens is 1670 g/mol. The topological polar surface area (TPSA) is 69.6 Å². The predicted octanol–water partition coefficient (Wildman–Crippen LogP) is 38.0. The number of aromatic nitrogens is 5. The van der Waals surface area contributed by atoms with E-state index in [-0.39, 0.29) is 0 Å². The average Bonchev–Trinajstić information content (AvgIpc) is 1.63. The van der Waals surface area contributed by atoms with Crippen molar-refractivity contribution in [3.05, 3.63) is 283 Å². The molecule has 121 heavy (non-hydrogen) atoms. The first-order chi connectivity index (χ1) is 57.8. The smallest absolute Gasteiger partial charge is 0.155 e. The minimum absolute atomic E-state index is 0.676. The molecule has 1 aliphatic carbocycles. The molecule has 3 aromatic carbocycles. The van der Waals surface area contributed by atoms with Gasteiger partial charge in [-0.15, -0.1) is 57.1 Å². The summed E-state index contributed by atoms with van der Waals surface area (Å²) in [5, 5.41) is 6.70. The van der Waals surface area contributed by atoms with Crippen molar-refractivity contribution in [2.75, 3.05) is 0 Å². The maximum absolute atomic E-state index is 5.34. The third kappa shape index (κ3) is 48.7. The van der Waals surface area contributed by atoms with Crippen LogP contribution in [0.15, 0.2) is 155 Å². The van der Waals surface area contributed by atoms with Crippen LogP contribution in [0, 0.1) is 179 Å². The first-order valence-corrected chi connectivity index (χ1v) is 52.1. The molecule has 15 rings (SSSR count). The minimum Gasteiger partial charge on any atom is -0.466 e. The van der Waals surface area contributed by atoms with Crippen molar-refractivity contribution in [1.29, 1.82) is 0 Å². The quantitative estimate of drug-likeness (QED) is 0.141. The van der Waals surface area contributed by atoms with Crippen LogP contribution >= 0.6 is 79.8 Å². The van der Waals surface area contributed by atoms with Gasteiger partial charge in [0.1, 0.15) is 11.5 Å². The number of furan rings is 1. The van der Waals surface area contributed by atoms with Gasteiger partial charge in [-0.3, -0.25) is 4.98 Å². The standard InChI is InChI=1S/C10H12S2.C10H8.C9H15N.C9H10S.C8H12O.C8H12S.C8H12Se.C6H6N2S2.C6H9NS.C6H6.C5H5N.11C2H6/c1-5-7(3)11-10-6(2)8(4)12-9(5)10;1-2-6-10-8-4-3-7-9(10)5-1;1-6-7(2)9(4)10(5)8(6)3;1-7-6-8-4-2-3-5-9(8)10-7;3*1-5-6(2)8(4)9-7(5)3;1-3-7-5-6(9-3)8-4(2)10-5;1-4-5(2)8-6(3)7-4;2*1-2-4-6-5-3-1;11*1-2/h1-4H3;1-8H;1-5H3;2-6,8-9H,1H3;3*1-4H3;1-2H3;1-3H3;1-6H;1-5H;11*1-2H3. The summed E-state index contributed by atoms with van der Waals surface area (Å²) in [6.07, 6.45) is 14.7. The summed E-state index contributed by atoms with van der Waals surface area (Å²) < 4.78 is 13.8. The number of thiophene rings is 3. The summed E-state index contributed by atoms with van der Waals surface area (Å²) in [4.78, 5) is 27.5. The molecular formula is C107H173N5OS7Se. The summed E-state index contributed by atoms with van der Waals surface area (Å²) in [6.45, 7) is 99.8. The second kappa shape index (κ2) is 78.4. The third-order valence-electron chi connectivity index (χ3n) is 18.0. The van der Waals surface area contributed by atoms with Crippen LogP contribution in [0.2, 0.25) is 0 Å². The van der Waals surface area contributed by atoms with Crippen molar-refractivity contribution in [3.8, 4) is 0 Å². The van der Waals surface area contributed by atoms with Crippen LogP contribution in [-0.4, -0.2) is 44.3 Å². The average molecular weight is 1850 g/mol. The normalized spacial score (nSPS) is 11.0. The summed E-state index contributed by atoms with van der Waals surface area (Å²) in [5.41, 5.74) is 18.3. The molecule has 0 fully saturated rings. The van der Waals surface area contributed by atoms with Gasteiger partial charge in [0.15, 0.2) is 9.66 Å². The van der Waals surface area contributed by atoms with Crippen molar-refractivity contribution in [2.45, 2.75) is 338 Å². The molecule has 10 aromatic heterocycles. The van der Waals surface area contributed by atoms with E-state index in [4.69, 9.17) is 4.42 Å². The summed E-state index contributed by atoms with van der Waals surface area (Å²) in [7, 11) is 2.12. The van der Waals surface area contributed by atoms with Crippen LogP contribution in [0.4, 0.5) is 0 Å². The number of aryl methyl sites for hydroxylation is 15. The van der Waals surface area contributed by atoms with Gasteiger partial charge in [0.2, 0.25) is 0 Å². The summed E-state index contributed by atoms with van der Waals surface area (Å²) >= 11 is 13.5. The molecule has 14 heteroatoms. The van der Waals surface area contributed by atoms with Gasteiger partial charge in [0.05, 0.1) is 20.7 Å². The zero-order valence-electron chi connectivity index (χ0n) is 85.9. The SMILES string of the molecule is CC.CC.CC.CC.CC.CC.CC.CC.CC.CC.CC.CC1=CC2C=CC=CC2S1.Cc1[se]c(C)c(C)c1C.Cc1c(C)c(C)n(C)c1C.Cc1nc(C)c(C)s1.Cc1nc2sc(C)nc2s1.Cc1oc(C)c(C)c1C.Cc1sc(C)c(C)c1C.Cc1sc2c(C)c(C)sc2c1C.c1ccc2ccccc2c1.c1ccccc1.c1ccncc1. The van der Waals surface area contributed by atoms with Gasteiger partial charge < -0.3 is 8.98 Å². The van der Waals surface area contributed by atoms with Crippen LogP contribution in [0.1, 0.15) is 292 Å². The molecule has 0 spiro atoms. The number of pyridine rings is 1. The van der Waals surface area contributed by atoms with Gasteiger partial charge >= 0.3 is 62.2 Å². The largest absolute Gasteiger partial charge is 0.466 e. The molecule has 13 aromatic rings. The Morgan fingerprint density at radius 1 is 0.314 bits per heavy atom. The number of benzene rings is 3. The molecule has 6 nitrogen and oxygen atoms in total. The van der Waals surface area contributed by atoms with E-state index in [9.17, 15) is 0 Å². The Kier molecular flexibility index (Phi) is 82.9. The number of nitrogens with zero attached hydrogens (tertiary/aromatic N) is 5. The molecule has 1 aliphatic heterocycles. The van der Waals surface area contributed by atoms with Crippen molar-refractivity contribution >= 4 is 124 Å². The number of fused-ring (bicyclic) bond motifs is 4. The van der Waals surface area contributed by atoms with Gasteiger partial charge in [0.25, 0.3) is 0 Å². The molecule has 0 bridgehead atoms. The molecule has 2 unspecified atom stereocenters. The van der Waals surface area contributed by atoms with Crippen molar-refractivity contribution in [1.82, 2.24) is 24.5 Å². The number of thioether (sulfide) groups is 1. The fraction of sp³-hybridized carbons (Fsp3) is 0.477. The fourth-order valence-corrected chi connectivity index (χ4v) is 19.8. The van der Waals surface area contributed by atoms with Crippen molar-refractivity contribution in [3.63, 3.8) is 0 Å². The first-order valence-electron chi connectivity index (χ1n) is 44.6. The van der Waals surface area contributed by atoms with E-state index in [1.54, 1.807) is 55.3 Å². The second-order valence-electron chi connectivity index (χ2n) is 24.8. The van der Waals surface area contributed by atoms with E-state index < -0.39 is 0 Å². The molecule has 0 saturated carbocycles. The Morgan fingerprint density at radius 2 is 0.628 bits per heavy atom. The van der Waals surface area contributed by atoms with Gasteiger partial charge in [-0.05, 0) is 225 Å². The van der Waals surface area contributed by atoms with Crippen molar-refractivity contribution < 1.29 is 4.42 Å². The van der Waals surface area contributed by atoms with E-state index in [1.807, 2.05) is 294 Å². The van der Waals surface area contributed by atoms with Crippen LogP contribution < -0.4 is 0 Å². The van der Waals surface area contributed by atoms with Crippen LogP contribution in [0.3, 0.4) is 0 Å². The van der Waals surface area contributed by atoms with Crippen LogP contribution in [0.5, 0.6) is 0 Å². The predicted molar refractivity (Wildman–Crippen MR) is 574 cm³/mol. The van der Waals surface area contributed by atoms with Crippen LogP contribution in [0.25, 0.3) is 29.8 Å². The Hall–Kier alpha value is -6.29. The van der Waals surface area contributed by atoms with Gasteiger partial charge in [-0.1, -0.05) is 296 Å². The van der Waals surface area contributed by atoms with Crippen LogP contribution in [-0.2, 0) is 7.05 Å². The van der Waals surface area contributed by atoms with Gasteiger partial charge in [0, 0.05) is 75.8 Å². The maximum atomic E-state index is 5.34. The Balaban J connectivity index is -0.000000231. The summed E-state index contributed by atoms with van der Waals surface area (Å²) in [5.74, 6) is 2.77. The van der Waals surface area contributed by atoms with Gasteiger partial charge in [-0.2, -0.15) is 0 Å². The molecule has 11 heterocycles. The minimum atomic E-state index is 0.676. The van der Waals surface area contributed by atoms with E-state index in [2.05, 4.69) is 249 Å². The molecule has 0 amide bonds. The summed E-state index contributed by atoms with van der Waals surface area (Å²) in [6, 6.07) is 34.4. The van der Waals surface area contributed by atoms with E-state index in [1.165, 1.54) is 127 Å².